The summed E-state index contributed by atoms with van der Waals surface area (Å²) in [6.45, 7) is 4.98. The predicted octanol–water partition coefficient (Wildman–Crippen LogP) is 3.31. The van der Waals surface area contributed by atoms with Crippen molar-refractivity contribution in [1.29, 1.82) is 0 Å². The molecule has 4 unspecified atom stereocenters. The van der Waals surface area contributed by atoms with Gasteiger partial charge >= 0.3 is 12.1 Å². The molecule has 5 amide bonds. The lowest BCUT2D eigenvalue weighted by atomic mass is 9.94. The predicted molar refractivity (Wildman–Crippen MR) is 194 cm³/mol. The molecule has 5 rings (SSSR count). The van der Waals surface area contributed by atoms with Gasteiger partial charge in [-0.3, -0.25) is 14.5 Å². The van der Waals surface area contributed by atoms with Crippen molar-refractivity contribution < 1.29 is 46.9 Å². The van der Waals surface area contributed by atoms with Crippen LogP contribution in [0.5, 0.6) is 0 Å². The first-order chi connectivity index (χ1) is 26.2. The number of imide groups is 1. The molecule has 296 valence electrons. The fourth-order valence-corrected chi connectivity index (χ4v) is 6.38. The molecule has 14 nitrogen and oxygen atoms in total. The van der Waals surface area contributed by atoms with E-state index in [9.17, 15) is 28.7 Å². The average Bonchev–Trinajstić information content (AvgIpc) is 3.83. The molecule has 0 saturated carbocycles. The number of carbonyl (C=O) groups excluding carboxylic acids is 4. The number of alkyl halides is 1. The highest BCUT2D eigenvalue weighted by Gasteiger charge is 2.43. The maximum Gasteiger partial charge on any atom is 0.407 e. The van der Waals surface area contributed by atoms with Gasteiger partial charge in [-0.15, -0.1) is 0 Å². The molecular formula is C38H46F3N7O7. The van der Waals surface area contributed by atoms with Crippen molar-refractivity contribution >= 4 is 23.9 Å². The van der Waals surface area contributed by atoms with Crippen LogP contribution in [0.4, 0.5) is 22.8 Å². The molecule has 55 heavy (non-hydrogen) atoms. The maximum absolute atomic E-state index is 15.1. The molecule has 1 fully saturated rings. The van der Waals surface area contributed by atoms with Crippen LogP contribution in [0, 0.1) is 17.6 Å². The molecule has 1 saturated heterocycles. The number of amides is 5. The lowest BCUT2D eigenvalue weighted by Crippen LogP contribution is -2.54. The van der Waals surface area contributed by atoms with Gasteiger partial charge in [-0.2, -0.15) is 0 Å². The third kappa shape index (κ3) is 10.9. The summed E-state index contributed by atoms with van der Waals surface area (Å²) in [6.07, 6.45) is 1.79. The molecule has 0 aliphatic carbocycles. The zero-order valence-electron chi connectivity index (χ0n) is 30.8. The van der Waals surface area contributed by atoms with E-state index < -0.39 is 65.3 Å². The fraction of sp³-hybridized carbons (Fsp3) is 0.447. The van der Waals surface area contributed by atoms with Gasteiger partial charge in [0.25, 0.3) is 11.8 Å². The minimum atomic E-state index is -1.70. The number of nitrogens with one attached hydrogen (secondary N) is 3. The maximum atomic E-state index is 15.1. The van der Waals surface area contributed by atoms with E-state index in [4.69, 9.17) is 14.5 Å². The Hall–Kier alpha value is -5.26. The number of nitrogens with zero attached hydrogens (tertiary/aromatic N) is 4. The molecule has 2 aromatic carbocycles. The highest BCUT2D eigenvalue weighted by atomic mass is 19.1. The number of alkyl carbamates (subject to hydrolysis) is 1. The molecule has 4 N–H and O–H groups in total. The van der Waals surface area contributed by atoms with Crippen LogP contribution in [0.3, 0.4) is 0 Å². The number of urea groups is 1. The van der Waals surface area contributed by atoms with Crippen LogP contribution in [0.15, 0.2) is 66.9 Å². The Morgan fingerprint density at radius 2 is 1.82 bits per heavy atom. The van der Waals surface area contributed by atoms with Crippen LogP contribution in [0.25, 0.3) is 11.3 Å². The monoisotopic (exact) mass is 769 g/mol. The number of hydrogen-bond donors (Lipinski definition) is 4. The van der Waals surface area contributed by atoms with Crippen molar-refractivity contribution in [3.63, 3.8) is 0 Å². The number of benzene rings is 2. The van der Waals surface area contributed by atoms with E-state index in [2.05, 4.69) is 16.0 Å². The van der Waals surface area contributed by atoms with E-state index in [0.29, 0.717) is 0 Å². The number of ether oxygens (including phenoxy) is 2. The molecule has 0 radical (unpaired) electrons. The van der Waals surface area contributed by atoms with E-state index >= 15 is 8.78 Å². The van der Waals surface area contributed by atoms with Gasteiger partial charge in [-0.25, -0.2) is 27.7 Å². The van der Waals surface area contributed by atoms with Gasteiger partial charge in [-0.05, 0) is 44.5 Å². The second-order valence-electron chi connectivity index (χ2n) is 14.0. The summed E-state index contributed by atoms with van der Waals surface area (Å²) >= 11 is 0. The lowest BCUT2D eigenvalue weighted by molar-refractivity contribution is -0.137. The molecule has 4 atom stereocenters. The molecule has 3 aromatic rings. The Labute approximate surface area is 316 Å². The Bertz CT molecular complexity index is 1840. The minimum absolute atomic E-state index is 0.0655. The van der Waals surface area contributed by atoms with Gasteiger partial charge in [0, 0.05) is 62.6 Å². The minimum Gasteiger partial charge on any atom is -0.447 e. The van der Waals surface area contributed by atoms with E-state index in [0.717, 1.165) is 28.7 Å². The molecular weight excluding hydrogens is 723 g/mol. The molecule has 3 heterocycles. The fourth-order valence-electron chi connectivity index (χ4n) is 6.38. The van der Waals surface area contributed by atoms with Crippen LogP contribution in [0.2, 0.25) is 0 Å². The van der Waals surface area contributed by atoms with Gasteiger partial charge in [0.05, 0.1) is 37.1 Å². The van der Waals surface area contributed by atoms with Gasteiger partial charge < -0.3 is 40.0 Å². The normalized spacial score (nSPS) is 18.1. The quantitative estimate of drug-likeness (QED) is 0.119. The van der Waals surface area contributed by atoms with Crippen LogP contribution < -0.4 is 16.0 Å². The Morgan fingerprint density at radius 3 is 2.49 bits per heavy atom. The second-order valence-corrected chi connectivity index (χ2v) is 14.0. The Kier molecular flexibility index (Phi) is 13.7. The van der Waals surface area contributed by atoms with Crippen LogP contribution in [0.1, 0.15) is 38.2 Å². The number of imidazole rings is 1. The summed E-state index contributed by atoms with van der Waals surface area (Å²) in [5.74, 6) is -2.75. The molecule has 17 heteroatoms. The topological polar surface area (TPSA) is 167 Å². The second kappa shape index (κ2) is 18.4. The smallest absolute Gasteiger partial charge is 0.407 e. The Morgan fingerprint density at radius 1 is 1.09 bits per heavy atom. The highest BCUT2D eigenvalue weighted by molar-refractivity contribution is 6.12. The van der Waals surface area contributed by atoms with Crippen LogP contribution in [-0.2, 0) is 25.6 Å². The molecule has 0 bridgehead atoms. The first kappa shape index (κ1) is 40.9. The van der Waals surface area contributed by atoms with E-state index in [1.807, 2.05) is 30.3 Å². The van der Waals surface area contributed by atoms with Crippen molar-refractivity contribution in [2.75, 3.05) is 52.5 Å². The third-order valence-corrected chi connectivity index (χ3v) is 9.09. The molecule has 0 spiro atoms. The van der Waals surface area contributed by atoms with Crippen LogP contribution in [-0.4, -0.2) is 119 Å². The summed E-state index contributed by atoms with van der Waals surface area (Å²) in [5.41, 5.74) is -0.934. The largest absolute Gasteiger partial charge is 0.447 e. The SMILES string of the molecule is CC(COC(=O)NCCOCCN1C(=O)C=CC1=O)NC(=O)N(CC1CNCC1F)C(c1nc(-c2cc(F)ccc2F)cn1Cc1ccccc1)C(C)(C)O. The van der Waals surface area contributed by atoms with Crippen molar-refractivity contribution in [2.45, 2.75) is 51.2 Å². The zero-order chi connectivity index (χ0) is 39.7. The number of aliphatic hydroxyl groups is 1. The first-order valence-corrected chi connectivity index (χ1v) is 17.9. The van der Waals surface area contributed by atoms with Gasteiger partial charge in [0.15, 0.2) is 0 Å². The van der Waals surface area contributed by atoms with Crippen molar-refractivity contribution in [3.8, 4) is 11.3 Å². The average molecular weight is 770 g/mol. The molecule has 2 aliphatic rings. The standard InChI is InChI=1S/C38H46F3N7O7/c1-24(23-55-37(52)43-13-15-54-16-14-47-32(49)11-12-33(47)50)44-36(51)48(21-26-18-42-19-30(26)41)34(38(2,3)53)35-45-31(28-17-27(39)9-10-29(28)40)22-46(35)20-25-7-5-4-6-8-25/h4-12,17,22,24,26,30,34,42,53H,13-16,18-21,23H2,1-3H3,(H,43,52)(H,44,51). The Balaban J connectivity index is 1.30. The number of halogens is 3. The number of rotatable bonds is 17. The van der Waals surface area contributed by atoms with Crippen molar-refractivity contribution in [2.24, 2.45) is 5.92 Å². The number of hydrogen-bond acceptors (Lipinski definition) is 9. The van der Waals surface area contributed by atoms with Gasteiger partial charge in [-0.1, -0.05) is 30.3 Å². The van der Waals surface area contributed by atoms with E-state index in [1.54, 1.807) is 11.5 Å². The van der Waals surface area contributed by atoms with E-state index in [1.165, 1.54) is 37.1 Å². The zero-order valence-corrected chi connectivity index (χ0v) is 30.8. The van der Waals surface area contributed by atoms with Crippen molar-refractivity contribution in [3.05, 3.63) is 89.9 Å². The summed E-state index contributed by atoms with van der Waals surface area (Å²) in [4.78, 5) is 56.8. The number of aromatic nitrogens is 2. The molecule has 1 aromatic heterocycles. The van der Waals surface area contributed by atoms with Gasteiger partial charge in [0.1, 0.15) is 36.3 Å². The van der Waals surface area contributed by atoms with Crippen LogP contribution >= 0.6 is 0 Å². The summed E-state index contributed by atoms with van der Waals surface area (Å²) < 4.78 is 56.8. The summed E-state index contributed by atoms with van der Waals surface area (Å²) in [5, 5.41) is 20.0. The van der Waals surface area contributed by atoms with Gasteiger partial charge in [0.2, 0.25) is 0 Å². The highest BCUT2D eigenvalue weighted by Crippen LogP contribution is 2.36. The van der Waals surface area contributed by atoms with E-state index in [-0.39, 0.29) is 76.2 Å². The lowest BCUT2D eigenvalue weighted by Gasteiger charge is -2.40. The first-order valence-electron chi connectivity index (χ1n) is 17.9. The van der Waals surface area contributed by atoms with Crippen molar-refractivity contribution in [1.82, 2.24) is 35.3 Å². The third-order valence-electron chi connectivity index (χ3n) is 9.09. The molecule has 2 aliphatic heterocycles. The summed E-state index contributed by atoms with van der Waals surface area (Å²) in [7, 11) is 0. The number of carbonyl (C=O) groups is 4. The summed E-state index contributed by atoms with van der Waals surface area (Å²) in [6, 6.07) is 9.52.